The third kappa shape index (κ3) is 34.4. The summed E-state index contributed by atoms with van der Waals surface area (Å²) >= 11 is 5.73. The van der Waals surface area contributed by atoms with Crippen LogP contribution in [0.5, 0.6) is 0 Å². The zero-order valence-electron chi connectivity index (χ0n) is 31.4. The van der Waals surface area contributed by atoms with Crippen LogP contribution in [-0.2, 0) is 14.8 Å². The van der Waals surface area contributed by atoms with Crippen molar-refractivity contribution in [1.82, 2.24) is 20.7 Å². The molecule has 2 aromatic rings. The van der Waals surface area contributed by atoms with Crippen LogP contribution in [0, 0.1) is 0 Å². The Hall–Kier alpha value is -3.32. The number of amides is 3. The van der Waals surface area contributed by atoms with Gasteiger partial charge in [0.1, 0.15) is 0 Å². The van der Waals surface area contributed by atoms with Gasteiger partial charge in [0.05, 0.1) is 6.26 Å². The van der Waals surface area contributed by atoms with Crippen molar-refractivity contribution in [3.8, 4) is 0 Å². The van der Waals surface area contributed by atoms with Gasteiger partial charge in [-0.3, -0.25) is 14.4 Å². The number of rotatable bonds is 22. The van der Waals surface area contributed by atoms with Gasteiger partial charge in [0.15, 0.2) is 0 Å². The zero-order chi connectivity index (χ0) is 41.1. The predicted octanol–water partition coefficient (Wildman–Crippen LogP) is 3.81. The number of benzene rings is 2. The molecular formula is C36H62ClF3N8O5S. The molecule has 0 unspecified atom stereocenters. The van der Waals surface area contributed by atoms with E-state index in [-0.39, 0.29) is 18.4 Å². The molecular weight excluding hydrogens is 749 g/mol. The Balaban J connectivity index is 0. The normalized spacial score (nSPS) is 10.7. The summed E-state index contributed by atoms with van der Waals surface area (Å²) in [5.74, 6) is -1.94. The lowest BCUT2D eigenvalue weighted by molar-refractivity contribution is -0.173. The number of unbranched alkanes of at least 4 members (excludes halogenated alkanes) is 7. The van der Waals surface area contributed by atoms with Crippen LogP contribution in [0.15, 0.2) is 54.6 Å². The molecule has 2 rings (SSSR count). The minimum atomic E-state index is -4.77. The SMILES string of the molecule is CS(=O)(=O)NCCCCCN.NCCCCCNC(=O)C(F)(F)F.NCCCCCNC(=O)c1ccc(Cl)cc1.NCCCCNC(=O)c1ccccc1. The minimum Gasteiger partial charge on any atom is -0.352 e. The number of carbonyl (C=O) groups excluding carboxylic acids is 3. The third-order valence-corrected chi connectivity index (χ3v) is 7.87. The molecule has 0 heterocycles. The van der Waals surface area contributed by atoms with Crippen molar-refractivity contribution < 1.29 is 36.0 Å². The van der Waals surface area contributed by atoms with E-state index in [9.17, 15) is 36.0 Å². The molecule has 0 aliphatic rings. The highest BCUT2D eigenvalue weighted by Gasteiger charge is 2.38. The van der Waals surface area contributed by atoms with Gasteiger partial charge >= 0.3 is 12.1 Å². The Labute approximate surface area is 324 Å². The Kier molecular flexibility index (Phi) is 33.4. The van der Waals surface area contributed by atoms with Crippen molar-refractivity contribution in [2.75, 3.05) is 58.6 Å². The molecule has 0 spiro atoms. The van der Waals surface area contributed by atoms with Gasteiger partial charge in [0.25, 0.3) is 11.8 Å². The van der Waals surface area contributed by atoms with E-state index < -0.39 is 22.1 Å². The number of hydrogen-bond acceptors (Lipinski definition) is 9. The smallest absolute Gasteiger partial charge is 0.352 e. The van der Waals surface area contributed by atoms with Crippen molar-refractivity contribution in [1.29, 1.82) is 0 Å². The summed E-state index contributed by atoms with van der Waals surface area (Å²) in [5, 5.41) is 8.11. The molecule has 12 N–H and O–H groups in total. The topological polar surface area (TPSA) is 238 Å². The van der Waals surface area contributed by atoms with E-state index >= 15 is 0 Å². The number of sulfonamides is 1. The van der Waals surface area contributed by atoms with Crippen molar-refractivity contribution in [3.63, 3.8) is 0 Å². The number of carbonyl (C=O) groups is 3. The fourth-order valence-electron chi connectivity index (χ4n) is 3.97. The van der Waals surface area contributed by atoms with Crippen LogP contribution in [0.25, 0.3) is 0 Å². The van der Waals surface area contributed by atoms with Crippen LogP contribution in [0.4, 0.5) is 13.2 Å². The van der Waals surface area contributed by atoms with E-state index in [1.165, 1.54) is 0 Å². The Bertz CT molecular complexity index is 1340. The molecule has 13 nitrogen and oxygen atoms in total. The van der Waals surface area contributed by atoms with Crippen molar-refractivity contribution >= 4 is 39.3 Å². The van der Waals surface area contributed by atoms with Crippen LogP contribution in [0.2, 0.25) is 5.02 Å². The number of hydrogen-bond donors (Lipinski definition) is 8. The fourth-order valence-corrected chi connectivity index (χ4v) is 4.61. The highest BCUT2D eigenvalue weighted by atomic mass is 35.5. The van der Waals surface area contributed by atoms with Gasteiger partial charge in [-0.25, -0.2) is 13.1 Å². The maximum Gasteiger partial charge on any atom is 0.471 e. The summed E-state index contributed by atoms with van der Waals surface area (Å²) in [7, 11) is -2.99. The lowest BCUT2D eigenvalue weighted by Gasteiger charge is -2.06. The van der Waals surface area contributed by atoms with Crippen LogP contribution in [-0.4, -0.2) is 90.9 Å². The van der Waals surface area contributed by atoms with E-state index in [1.54, 1.807) is 41.7 Å². The van der Waals surface area contributed by atoms with Gasteiger partial charge in [-0.1, -0.05) is 49.1 Å². The first kappa shape index (κ1) is 52.8. The van der Waals surface area contributed by atoms with Gasteiger partial charge < -0.3 is 38.9 Å². The first-order valence-electron chi connectivity index (χ1n) is 18.1. The molecule has 0 fully saturated rings. The Morgan fingerprint density at radius 3 is 1.35 bits per heavy atom. The van der Waals surface area contributed by atoms with Gasteiger partial charge in [-0.2, -0.15) is 13.2 Å². The molecule has 0 saturated carbocycles. The Morgan fingerprint density at radius 1 is 0.574 bits per heavy atom. The molecule has 0 atom stereocenters. The first-order valence-corrected chi connectivity index (χ1v) is 20.4. The quantitative estimate of drug-likeness (QED) is 0.0806. The largest absolute Gasteiger partial charge is 0.471 e. The van der Waals surface area contributed by atoms with Crippen molar-refractivity contribution in [3.05, 3.63) is 70.7 Å². The van der Waals surface area contributed by atoms with Crippen LogP contribution < -0.4 is 43.6 Å². The molecule has 0 saturated heterocycles. The zero-order valence-corrected chi connectivity index (χ0v) is 33.0. The molecule has 310 valence electrons. The molecule has 0 aromatic heterocycles. The lowest BCUT2D eigenvalue weighted by Crippen LogP contribution is -2.37. The van der Waals surface area contributed by atoms with Gasteiger partial charge in [-0.05, 0) is 114 Å². The van der Waals surface area contributed by atoms with E-state index in [2.05, 4.69) is 15.4 Å². The maximum atomic E-state index is 11.6. The summed E-state index contributed by atoms with van der Waals surface area (Å²) in [6.07, 6.45) is 6.16. The van der Waals surface area contributed by atoms with Crippen LogP contribution in [0.1, 0.15) is 91.3 Å². The second-order valence-corrected chi connectivity index (χ2v) is 14.1. The number of halogens is 4. The molecule has 18 heteroatoms. The monoisotopic (exact) mass is 810 g/mol. The summed E-state index contributed by atoms with van der Waals surface area (Å²) in [4.78, 5) is 33.3. The maximum absolute atomic E-state index is 11.6. The Morgan fingerprint density at radius 2 is 0.944 bits per heavy atom. The summed E-state index contributed by atoms with van der Waals surface area (Å²) < 4.78 is 58.2. The van der Waals surface area contributed by atoms with Crippen LogP contribution >= 0.6 is 11.6 Å². The molecule has 0 bridgehead atoms. The molecule has 0 radical (unpaired) electrons. The van der Waals surface area contributed by atoms with E-state index in [0.29, 0.717) is 68.4 Å². The van der Waals surface area contributed by atoms with Crippen molar-refractivity contribution in [2.45, 2.75) is 76.8 Å². The minimum absolute atomic E-state index is 0.0115. The van der Waals surface area contributed by atoms with Crippen LogP contribution in [0.3, 0.4) is 0 Å². The van der Waals surface area contributed by atoms with Crippen molar-refractivity contribution in [2.24, 2.45) is 22.9 Å². The molecule has 0 aliphatic carbocycles. The summed E-state index contributed by atoms with van der Waals surface area (Å²) in [6, 6.07) is 16.1. The lowest BCUT2D eigenvalue weighted by atomic mass is 10.2. The highest BCUT2D eigenvalue weighted by molar-refractivity contribution is 7.88. The second-order valence-electron chi connectivity index (χ2n) is 11.8. The first-order chi connectivity index (χ1) is 25.6. The van der Waals surface area contributed by atoms with Gasteiger partial charge in [0, 0.05) is 42.3 Å². The molecule has 54 heavy (non-hydrogen) atoms. The standard InChI is InChI=1S/C12H17ClN2O.C11H16N2O.C7H13F3N2O.C6H16N2O2S/c13-11-6-4-10(5-7-11)12(16)15-9-3-1-2-8-14;12-8-4-5-9-13-11(14)10-6-2-1-3-7-10;8-7(9,10)6(13)12-5-3-1-2-4-11;1-11(9,10)8-6-4-2-3-5-7/h4-7H,1-3,8-9,14H2,(H,15,16);1-3,6-7H,4-5,8-9,12H2,(H,13,14);1-5,11H2,(H,12,13);8H,2-7H2,1H3. The van der Waals surface area contributed by atoms with E-state index in [1.807, 2.05) is 18.2 Å². The third-order valence-electron chi connectivity index (χ3n) is 6.89. The average Bonchev–Trinajstić information content (AvgIpc) is 3.13. The second kappa shape index (κ2) is 34.2. The highest BCUT2D eigenvalue weighted by Crippen LogP contribution is 2.14. The van der Waals surface area contributed by atoms with Gasteiger partial charge in [0.2, 0.25) is 10.0 Å². The number of nitrogens with two attached hydrogens (primary N) is 4. The predicted molar refractivity (Wildman–Crippen MR) is 211 cm³/mol. The molecule has 0 aliphatic heterocycles. The summed E-state index contributed by atoms with van der Waals surface area (Å²) in [5.41, 5.74) is 22.5. The fraction of sp³-hybridized carbons (Fsp3) is 0.583. The average molecular weight is 811 g/mol. The molecule has 3 amide bonds. The summed E-state index contributed by atoms with van der Waals surface area (Å²) in [6.45, 7) is 4.57. The molecule has 2 aromatic carbocycles. The number of nitrogens with one attached hydrogen (secondary N) is 4. The van der Waals surface area contributed by atoms with E-state index in [0.717, 1.165) is 70.5 Å². The van der Waals surface area contributed by atoms with E-state index in [4.69, 9.17) is 34.5 Å². The number of alkyl halides is 3. The van der Waals surface area contributed by atoms with Gasteiger partial charge in [-0.15, -0.1) is 0 Å².